The standard InChI is InChI=1S/C16H35NO2/c1-13(2)8-6-9-14(3)10-7-11-16(4,19)15(12-18)17-5/h13-15,17-19H,6-12H2,1-5H3. The van der Waals surface area contributed by atoms with Crippen molar-refractivity contribution in [2.75, 3.05) is 13.7 Å². The van der Waals surface area contributed by atoms with Crippen LogP contribution in [-0.2, 0) is 0 Å². The Morgan fingerprint density at radius 1 is 1.05 bits per heavy atom. The highest BCUT2D eigenvalue weighted by Crippen LogP contribution is 2.22. The normalized spacial score (nSPS) is 18.3. The van der Waals surface area contributed by atoms with Gasteiger partial charge in [-0.1, -0.05) is 52.9 Å². The molecule has 3 atom stereocenters. The molecule has 116 valence electrons. The van der Waals surface area contributed by atoms with Crippen LogP contribution in [0.5, 0.6) is 0 Å². The van der Waals surface area contributed by atoms with Gasteiger partial charge in [-0.05, 0) is 32.2 Å². The molecule has 0 aliphatic rings. The van der Waals surface area contributed by atoms with Crippen LogP contribution in [0.4, 0.5) is 0 Å². The first-order valence-electron chi connectivity index (χ1n) is 7.84. The molecule has 0 spiro atoms. The summed E-state index contributed by atoms with van der Waals surface area (Å²) in [4.78, 5) is 0. The molecule has 0 aromatic heterocycles. The molecule has 0 aromatic carbocycles. The van der Waals surface area contributed by atoms with Crippen LogP contribution < -0.4 is 5.32 Å². The van der Waals surface area contributed by atoms with E-state index >= 15 is 0 Å². The van der Waals surface area contributed by atoms with E-state index < -0.39 is 5.60 Å². The topological polar surface area (TPSA) is 52.5 Å². The van der Waals surface area contributed by atoms with Gasteiger partial charge in [-0.15, -0.1) is 0 Å². The maximum atomic E-state index is 10.3. The average Bonchev–Trinajstić information content (AvgIpc) is 2.29. The van der Waals surface area contributed by atoms with Gasteiger partial charge >= 0.3 is 0 Å². The SMILES string of the molecule is CNC(CO)C(C)(O)CCCC(C)CCCC(C)C. The summed E-state index contributed by atoms with van der Waals surface area (Å²) in [6.07, 6.45) is 6.84. The van der Waals surface area contributed by atoms with Crippen molar-refractivity contribution in [1.82, 2.24) is 5.32 Å². The Hall–Kier alpha value is -0.120. The van der Waals surface area contributed by atoms with E-state index in [4.69, 9.17) is 0 Å². The van der Waals surface area contributed by atoms with Crippen LogP contribution in [0.25, 0.3) is 0 Å². The van der Waals surface area contributed by atoms with Gasteiger partial charge in [0.1, 0.15) is 0 Å². The lowest BCUT2D eigenvalue weighted by atomic mass is 9.88. The van der Waals surface area contributed by atoms with Gasteiger partial charge in [-0.25, -0.2) is 0 Å². The van der Waals surface area contributed by atoms with E-state index in [1.165, 1.54) is 19.3 Å². The molecule has 0 aliphatic heterocycles. The van der Waals surface area contributed by atoms with Gasteiger partial charge in [-0.3, -0.25) is 0 Å². The lowest BCUT2D eigenvalue weighted by Gasteiger charge is -2.31. The molecule has 0 aliphatic carbocycles. The number of likely N-dealkylation sites (N-methyl/N-ethyl adjacent to an activating group) is 1. The van der Waals surface area contributed by atoms with Crippen molar-refractivity contribution in [3.63, 3.8) is 0 Å². The highest BCUT2D eigenvalue weighted by Gasteiger charge is 2.29. The lowest BCUT2D eigenvalue weighted by Crippen LogP contribution is -2.49. The van der Waals surface area contributed by atoms with Crippen LogP contribution in [0.1, 0.15) is 66.2 Å². The monoisotopic (exact) mass is 273 g/mol. The van der Waals surface area contributed by atoms with Crippen molar-refractivity contribution in [3.8, 4) is 0 Å². The molecule has 0 amide bonds. The zero-order valence-corrected chi connectivity index (χ0v) is 13.6. The van der Waals surface area contributed by atoms with Crippen LogP contribution in [0.15, 0.2) is 0 Å². The Morgan fingerprint density at radius 3 is 2.11 bits per heavy atom. The maximum absolute atomic E-state index is 10.3. The molecule has 0 radical (unpaired) electrons. The second kappa shape index (κ2) is 9.73. The molecular weight excluding hydrogens is 238 g/mol. The van der Waals surface area contributed by atoms with Crippen molar-refractivity contribution in [1.29, 1.82) is 0 Å². The smallest absolute Gasteiger partial charge is 0.0794 e. The Bertz CT molecular complexity index is 213. The molecule has 0 saturated carbocycles. The zero-order valence-electron chi connectivity index (χ0n) is 13.6. The molecule has 0 fully saturated rings. The first-order chi connectivity index (χ1) is 8.83. The summed E-state index contributed by atoms with van der Waals surface area (Å²) in [5, 5.41) is 22.5. The van der Waals surface area contributed by atoms with Gasteiger partial charge in [0.25, 0.3) is 0 Å². The number of hydrogen-bond acceptors (Lipinski definition) is 3. The summed E-state index contributed by atoms with van der Waals surface area (Å²) < 4.78 is 0. The Kier molecular flexibility index (Phi) is 9.67. The molecule has 19 heavy (non-hydrogen) atoms. The van der Waals surface area contributed by atoms with Gasteiger partial charge in [0.15, 0.2) is 0 Å². The third-order valence-corrected chi connectivity index (χ3v) is 4.14. The van der Waals surface area contributed by atoms with E-state index in [0.717, 1.165) is 31.1 Å². The van der Waals surface area contributed by atoms with E-state index in [9.17, 15) is 10.2 Å². The highest BCUT2D eigenvalue weighted by molar-refractivity contribution is 4.86. The second-order valence-corrected chi connectivity index (χ2v) is 6.70. The Labute approximate surface area is 119 Å². The molecule has 0 heterocycles. The van der Waals surface area contributed by atoms with Crippen LogP contribution >= 0.6 is 0 Å². The predicted octanol–water partition coefficient (Wildman–Crippen LogP) is 2.95. The van der Waals surface area contributed by atoms with Gasteiger partial charge in [0.2, 0.25) is 0 Å². The second-order valence-electron chi connectivity index (χ2n) is 6.70. The van der Waals surface area contributed by atoms with Gasteiger partial charge < -0.3 is 15.5 Å². The summed E-state index contributed by atoms with van der Waals surface area (Å²) in [5.41, 5.74) is -0.818. The minimum atomic E-state index is -0.818. The fourth-order valence-electron chi connectivity index (χ4n) is 2.60. The van der Waals surface area contributed by atoms with Crippen LogP contribution in [0, 0.1) is 11.8 Å². The summed E-state index contributed by atoms with van der Waals surface area (Å²) in [7, 11) is 1.78. The number of hydrogen-bond donors (Lipinski definition) is 3. The molecular formula is C16H35NO2. The highest BCUT2D eigenvalue weighted by atomic mass is 16.3. The van der Waals surface area contributed by atoms with E-state index in [2.05, 4.69) is 26.1 Å². The number of aliphatic hydroxyl groups excluding tert-OH is 1. The van der Waals surface area contributed by atoms with E-state index in [1.54, 1.807) is 7.05 Å². The average molecular weight is 273 g/mol. The molecule has 0 aromatic rings. The first kappa shape index (κ1) is 18.9. The van der Waals surface area contributed by atoms with E-state index in [1.807, 2.05) is 6.92 Å². The predicted molar refractivity (Wildman–Crippen MR) is 82.3 cm³/mol. The largest absolute Gasteiger partial charge is 0.395 e. The summed E-state index contributed by atoms with van der Waals surface area (Å²) >= 11 is 0. The lowest BCUT2D eigenvalue weighted by molar-refractivity contribution is -0.00823. The molecule has 0 saturated heterocycles. The number of nitrogens with one attached hydrogen (secondary N) is 1. The summed E-state index contributed by atoms with van der Waals surface area (Å²) in [6.45, 7) is 8.64. The molecule has 0 bridgehead atoms. The van der Waals surface area contributed by atoms with Crippen LogP contribution in [-0.4, -0.2) is 35.5 Å². The molecule has 3 N–H and O–H groups in total. The van der Waals surface area contributed by atoms with Crippen LogP contribution in [0.2, 0.25) is 0 Å². The third kappa shape index (κ3) is 8.61. The van der Waals surface area contributed by atoms with Crippen molar-refractivity contribution >= 4 is 0 Å². The third-order valence-electron chi connectivity index (χ3n) is 4.14. The first-order valence-corrected chi connectivity index (χ1v) is 7.84. The van der Waals surface area contributed by atoms with Crippen molar-refractivity contribution in [2.24, 2.45) is 11.8 Å². The van der Waals surface area contributed by atoms with Crippen molar-refractivity contribution in [2.45, 2.75) is 77.9 Å². The minimum absolute atomic E-state index is 0.0204. The fraction of sp³-hybridized carbons (Fsp3) is 1.00. The maximum Gasteiger partial charge on any atom is 0.0794 e. The van der Waals surface area contributed by atoms with Gasteiger partial charge in [0, 0.05) is 0 Å². The van der Waals surface area contributed by atoms with Gasteiger partial charge in [-0.2, -0.15) is 0 Å². The van der Waals surface area contributed by atoms with Crippen LogP contribution in [0.3, 0.4) is 0 Å². The fourth-order valence-corrected chi connectivity index (χ4v) is 2.60. The Balaban J connectivity index is 3.82. The van der Waals surface area contributed by atoms with E-state index in [0.29, 0.717) is 0 Å². The minimum Gasteiger partial charge on any atom is -0.395 e. The summed E-state index contributed by atoms with van der Waals surface area (Å²) in [6, 6.07) is -0.233. The van der Waals surface area contributed by atoms with Crippen molar-refractivity contribution < 1.29 is 10.2 Å². The molecule has 3 nitrogen and oxygen atoms in total. The summed E-state index contributed by atoms with van der Waals surface area (Å²) in [5.74, 6) is 1.53. The zero-order chi connectivity index (χ0) is 14.9. The molecule has 3 unspecified atom stereocenters. The van der Waals surface area contributed by atoms with E-state index in [-0.39, 0.29) is 12.6 Å². The number of rotatable bonds is 11. The Morgan fingerprint density at radius 2 is 1.63 bits per heavy atom. The molecule has 3 heteroatoms. The van der Waals surface area contributed by atoms with Crippen molar-refractivity contribution in [3.05, 3.63) is 0 Å². The quantitative estimate of drug-likeness (QED) is 0.542. The number of aliphatic hydroxyl groups is 2. The van der Waals surface area contributed by atoms with Gasteiger partial charge in [0.05, 0.1) is 18.2 Å². The molecule has 0 rings (SSSR count).